The van der Waals surface area contributed by atoms with Crippen LogP contribution in [-0.2, 0) is 6.61 Å². The predicted octanol–water partition coefficient (Wildman–Crippen LogP) is 4.73. The smallest absolute Gasteiger partial charge is 0.335 e. The normalized spacial score (nSPS) is 10.7. The van der Waals surface area contributed by atoms with Crippen LogP contribution in [0, 0.1) is 0 Å². The molecule has 0 fully saturated rings. The average Bonchev–Trinajstić information content (AvgIpc) is 2.76. The summed E-state index contributed by atoms with van der Waals surface area (Å²) in [6, 6.07) is 19.6. The van der Waals surface area contributed by atoms with Crippen molar-refractivity contribution in [2.24, 2.45) is 4.99 Å². The van der Waals surface area contributed by atoms with E-state index in [9.17, 15) is 4.79 Å². The number of ether oxygens (including phenoxy) is 3. The zero-order valence-corrected chi connectivity index (χ0v) is 16.2. The van der Waals surface area contributed by atoms with Crippen molar-refractivity contribution in [3.8, 4) is 17.2 Å². The maximum absolute atomic E-state index is 11.1. The van der Waals surface area contributed by atoms with Crippen LogP contribution in [0.15, 0.2) is 71.7 Å². The number of carbonyl (C=O) groups is 1. The second-order valence-corrected chi connectivity index (χ2v) is 6.16. The highest BCUT2D eigenvalue weighted by atomic mass is 16.5. The molecule has 0 atom stereocenters. The molecular formula is C23H21NO5. The minimum atomic E-state index is -0.968. The van der Waals surface area contributed by atoms with Crippen molar-refractivity contribution in [2.45, 2.75) is 6.61 Å². The Kier molecular flexibility index (Phi) is 6.47. The van der Waals surface area contributed by atoms with E-state index in [-0.39, 0.29) is 12.2 Å². The summed E-state index contributed by atoms with van der Waals surface area (Å²) < 4.78 is 16.4. The molecule has 0 heterocycles. The summed E-state index contributed by atoms with van der Waals surface area (Å²) in [7, 11) is 3.18. The van der Waals surface area contributed by atoms with Gasteiger partial charge in [-0.15, -0.1) is 0 Å². The van der Waals surface area contributed by atoms with Crippen molar-refractivity contribution in [3.63, 3.8) is 0 Å². The third kappa shape index (κ3) is 5.35. The minimum Gasteiger partial charge on any atom is -0.497 e. The quantitative estimate of drug-likeness (QED) is 0.562. The Hall–Kier alpha value is -3.80. The molecule has 3 aromatic rings. The molecular weight excluding hydrogens is 370 g/mol. The van der Waals surface area contributed by atoms with E-state index in [0.717, 1.165) is 22.6 Å². The Labute approximate surface area is 169 Å². The third-order valence-electron chi connectivity index (χ3n) is 4.17. The van der Waals surface area contributed by atoms with Crippen LogP contribution in [0.1, 0.15) is 21.5 Å². The molecule has 0 saturated carbocycles. The number of methoxy groups -OCH3 is 2. The maximum Gasteiger partial charge on any atom is 0.335 e. The molecule has 3 rings (SSSR count). The van der Waals surface area contributed by atoms with Crippen LogP contribution in [0.5, 0.6) is 17.2 Å². The summed E-state index contributed by atoms with van der Waals surface area (Å²) in [4.78, 5) is 15.5. The molecule has 0 aliphatic heterocycles. The molecule has 29 heavy (non-hydrogen) atoms. The highest BCUT2D eigenvalue weighted by molar-refractivity contribution is 5.87. The third-order valence-corrected chi connectivity index (χ3v) is 4.17. The topological polar surface area (TPSA) is 77.4 Å². The van der Waals surface area contributed by atoms with Gasteiger partial charge in [-0.3, -0.25) is 4.99 Å². The maximum atomic E-state index is 11.1. The molecule has 0 unspecified atom stereocenters. The van der Waals surface area contributed by atoms with Crippen LogP contribution < -0.4 is 14.2 Å². The van der Waals surface area contributed by atoms with Gasteiger partial charge in [-0.05, 0) is 53.6 Å². The van der Waals surface area contributed by atoms with Crippen LogP contribution in [0.4, 0.5) is 5.69 Å². The van der Waals surface area contributed by atoms with Gasteiger partial charge in [0.25, 0.3) is 0 Å². The monoisotopic (exact) mass is 391 g/mol. The SMILES string of the molecule is COc1cccc(N=Cc2ccc(OCc3cccc(C(=O)O)c3)c(OC)c2)c1. The number of aromatic carboxylic acids is 1. The van der Waals surface area contributed by atoms with Gasteiger partial charge in [0.15, 0.2) is 11.5 Å². The van der Waals surface area contributed by atoms with Crippen molar-refractivity contribution in [1.82, 2.24) is 0 Å². The summed E-state index contributed by atoms with van der Waals surface area (Å²) in [6.45, 7) is 0.231. The van der Waals surface area contributed by atoms with E-state index in [0.29, 0.717) is 11.5 Å². The molecule has 0 aromatic heterocycles. The lowest BCUT2D eigenvalue weighted by atomic mass is 10.1. The van der Waals surface area contributed by atoms with E-state index >= 15 is 0 Å². The zero-order valence-electron chi connectivity index (χ0n) is 16.2. The van der Waals surface area contributed by atoms with E-state index in [1.54, 1.807) is 44.7 Å². The number of carboxylic acids is 1. The summed E-state index contributed by atoms with van der Waals surface area (Å²) in [6.07, 6.45) is 1.73. The first kappa shape index (κ1) is 19.9. The van der Waals surface area contributed by atoms with Gasteiger partial charge in [0.05, 0.1) is 25.5 Å². The van der Waals surface area contributed by atoms with E-state index < -0.39 is 5.97 Å². The van der Waals surface area contributed by atoms with Gasteiger partial charge in [0.2, 0.25) is 0 Å². The second kappa shape index (κ2) is 9.41. The molecule has 148 valence electrons. The van der Waals surface area contributed by atoms with E-state index in [1.165, 1.54) is 0 Å². The first-order valence-electron chi connectivity index (χ1n) is 8.90. The molecule has 1 N–H and O–H groups in total. The lowest BCUT2D eigenvalue weighted by molar-refractivity contribution is 0.0696. The van der Waals surface area contributed by atoms with Crippen LogP contribution in [-0.4, -0.2) is 31.5 Å². The summed E-state index contributed by atoms with van der Waals surface area (Å²) >= 11 is 0. The predicted molar refractivity (Wildman–Crippen MR) is 111 cm³/mol. The summed E-state index contributed by atoms with van der Waals surface area (Å²) in [5.41, 5.74) is 2.62. The summed E-state index contributed by atoms with van der Waals surface area (Å²) in [5, 5.41) is 9.09. The highest BCUT2D eigenvalue weighted by Crippen LogP contribution is 2.29. The average molecular weight is 391 g/mol. The number of nitrogens with zero attached hydrogens (tertiary/aromatic N) is 1. The second-order valence-electron chi connectivity index (χ2n) is 6.16. The van der Waals surface area contributed by atoms with Crippen molar-refractivity contribution in [1.29, 1.82) is 0 Å². The number of aliphatic imine (C=N–C) groups is 1. The van der Waals surface area contributed by atoms with Crippen molar-refractivity contribution in [3.05, 3.63) is 83.4 Å². The van der Waals surface area contributed by atoms with Gasteiger partial charge >= 0.3 is 5.97 Å². The Bertz CT molecular complexity index is 1030. The van der Waals surface area contributed by atoms with E-state index in [1.807, 2.05) is 42.5 Å². The number of rotatable bonds is 8. The number of hydrogen-bond acceptors (Lipinski definition) is 5. The lowest BCUT2D eigenvalue weighted by Gasteiger charge is -2.11. The molecule has 6 heteroatoms. The van der Waals surface area contributed by atoms with E-state index in [4.69, 9.17) is 19.3 Å². The first-order valence-corrected chi connectivity index (χ1v) is 8.90. The van der Waals surface area contributed by atoms with Crippen LogP contribution in [0.2, 0.25) is 0 Å². The minimum absolute atomic E-state index is 0.224. The van der Waals surface area contributed by atoms with Gasteiger partial charge < -0.3 is 19.3 Å². The Morgan fingerprint density at radius 1 is 0.966 bits per heavy atom. The standard InChI is InChI=1S/C23H21NO5/c1-27-20-8-4-7-19(13-20)24-14-16-9-10-21(22(12-16)28-2)29-15-17-5-3-6-18(11-17)23(25)26/h3-14H,15H2,1-2H3,(H,25,26). The van der Waals surface area contributed by atoms with Gasteiger partial charge in [0.1, 0.15) is 12.4 Å². The zero-order chi connectivity index (χ0) is 20.6. The molecule has 0 radical (unpaired) electrons. The molecule has 0 spiro atoms. The molecule has 0 amide bonds. The van der Waals surface area contributed by atoms with Gasteiger partial charge in [-0.25, -0.2) is 4.79 Å². The van der Waals surface area contributed by atoms with Crippen LogP contribution in [0.3, 0.4) is 0 Å². The number of benzene rings is 3. The highest BCUT2D eigenvalue weighted by Gasteiger charge is 2.08. The fraction of sp³-hybridized carbons (Fsp3) is 0.130. The van der Waals surface area contributed by atoms with Crippen LogP contribution >= 0.6 is 0 Å². The first-order chi connectivity index (χ1) is 14.1. The van der Waals surface area contributed by atoms with Crippen molar-refractivity contribution in [2.75, 3.05) is 14.2 Å². The molecule has 0 aliphatic rings. The van der Waals surface area contributed by atoms with Crippen molar-refractivity contribution < 1.29 is 24.1 Å². The largest absolute Gasteiger partial charge is 0.497 e. The molecule has 0 bridgehead atoms. The molecule has 6 nitrogen and oxygen atoms in total. The Morgan fingerprint density at radius 3 is 2.55 bits per heavy atom. The lowest BCUT2D eigenvalue weighted by Crippen LogP contribution is -2.01. The Balaban J connectivity index is 1.72. The molecule has 3 aromatic carbocycles. The van der Waals surface area contributed by atoms with Gasteiger partial charge in [-0.1, -0.05) is 18.2 Å². The van der Waals surface area contributed by atoms with Gasteiger partial charge in [0, 0.05) is 12.3 Å². The van der Waals surface area contributed by atoms with E-state index in [2.05, 4.69) is 4.99 Å². The summed E-state index contributed by atoms with van der Waals surface area (Å²) in [5.74, 6) is 0.901. The van der Waals surface area contributed by atoms with Gasteiger partial charge in [-0.2, -0.15) is 0 Å². The Morgan fingerprint density at radius 2 is 1.79 bits per heavy atom. The fourth-order valence-electron chi connectivity index (χ4n) is 2.68. The fourth-order valence-corrected chi connectivity index (χ4v) is 2.68. The number of carboxylic acid groups (broad SMARTS) is 1. The number of hydrogen-bond donors (Lipinski definition) is 1. The molecule has 0 aliphatic carbocycles. The van der Waals surface area contributed by atoms with Crippen molar-refractivity contribution >= 4 is 17.9 Å². The van der Waals surface area contributed by atoms with Crippen LogP contribution in [0.25, 0.3) is 0 Å². The molecule has 0 saturated heterocycles.